The Bertz CT molecular complexity index is 734. The third-order valence-electron chi connectivity index (χ3n) is 4.69. The molecule has 0 unspecified atom stereocenters. The first-order chi connectivity index (χ1) is 11.2. The molecular weight excluding hydrogens is 300 g/mol. The Balaban J connectivity index is 2.47. The average Bonchev–Trinajstić information content (AvgIpc) is 2.87. The monoisotopic (exact) mass is 328 g/mol. The highest BCUT2D eigenvalue weighted by molar-refractivity contribution is 5.88. The van der Waals surface area contributed by atoms with Gasteiger partial charge in [-0.05, 0) is 57.7 Å². The molecule has 1 aromatic carbocycles. The van der Waals surface area contributed by atoms with Crippen LogP contribution in [0, 0.1) is 20.8 Å². The Morgan fingerprint density at radius 1 is 1.21 bits per heavy atom. The number of benzene rings is 1. The predicted octanol–water partition coefficient (Wildman–Crippen LogP) is 4.63. The molecule has 0 aliphatic rings. The molecule has 24 heavy (non-hydrogen) atoms. The van der Waals surface area contributed by atoms with E-state index in [4.69, 9.17) is 0 Å². The minimum atomic E-state index is -0.911. The van der Waals surface area contributed by atoms with Crippen LogP contribution in [-0.4, -0.2) is 20.9 Å². The second kappa shape index (κ2) is 6.80. The van der Waals surface area contributed by atoms with Gasteiger partial charge in [-0.25, -0.2) is 4.79 Å². The molecule has 2 aromatic rings. The van der Waals surface area contributed by atoms with Gasteiger partial charge in [0, 0.05) is 12.6 Å². The topological polar surface area (TPSA) is 55.1 Å². The second-order valence-electron chi connectivity index (χ2n) is 7.36. The van der Waals surface area contributed by atoms with Gasteiger partial charge in [-0.3, -0.25) is 4.68 Å². The van der Waals surface area contributed by atoms with Crippen LogP contribution in [0.4, 0.5) is 0 Å². The van der Waals surface area contributed by atoms with Gasteiger partial charge in [0.1, 0.15) is 5.56 Å². The van der Waals surface area contributed by atoms with Gasteiger partial charge >= 0.3 is 5.97 Å². The minimum Gasteiger partial charge on any atom is -0.478 e. The van der Waals surface area contributed by atoms with Gasteiger partial charge < -0.3 is 5.11 Å². The van der Waals surface area contributed by atoms with E-state index in [1.165, 1.54) is 22.3 Å². The van der Waals surface area contributed by atoms with Gasteiger partial charge in [0.15, 0.2) is 0 Å². The van der Waals surface area contributed by atoms with Crippen LogP contribution in [0.2, 0.25) is 0 Å². The van der Waals surface area contributed by atoms with Crippen LogP contribution < -0.4 is 0 Å². The summed E-state index contributed by atoms with van der Waals surface area (Å²) in [6, 6.07) is 4.28. The number of carboxylic acids is 1. The largest absolute Gasteiger partial charge is 0.478 e. The number of nitrogens with zero attached hydrogens (tertiary/aromatic N) is 2. The first-order valence-electron chi connectivity index (χ1n) is 8.54. The van der Waals surface area contributed by atoms with E-state index in [0.717, 1.165) is 12.8 Å². The summed E-state index contributed by atoms with van der Waals surface area (Å²) in [4.78, 5) is 11.7. The summed E-state index contributed by atoms with van der Waals surface area (Å²) < 4.78 is 1.83. The number of rotatable bonds is 6. The van der Waals surface area contributed by atoms with E-state index >= 15 is 0 Å². The highest BCUT2D eigenvalue weighted by atomic mass is 16.4. The summed E-state index contributed by atoms with van der Waals surface area (Å²) in [6.07, 6.45) is 4.22. The van der Waals surface area contributed by atoms with E-state index in [0.29, 0.717) is 17.7 Å². The number of hydrogen-bond acceptors (Lipinski definition) is 2. The summed E-state index contributed by atoms with van der Waals surface area (Å²) in [5, 5.41) is 14.2. The number of aryl methyl sites for hydroxylation is 3. The Kier molecular flexibility index (Phi) is 5.16. The van der Waals surface area contributed by atoms with Gasteiger partial charge in [-0.15, -0.1) is 0 Å². The van der Waals surface area contributed by atoms with E-state index in [2.05, 4.69) is 58.8 Å². The molecule has 130 valence electrons. The number of carbonyl (C=O) groups is 1. The Morgan fingerprint density at radius 2 is 1.79 bits per heavy atom. The van der Waals surface area contributed by atoms with Gasteiger partial charge in [0.25, 0.3) is 0 Å². The quantitative estimate of drug-likeness (QED) is 0.841. The van der Waals surface area contributed by atoms with Crippen molar-refractivity contribution in [3.05, 3.63) is 51.8 Å². The standard InChI is InChI=1S/C20H28N2O2/c1-7-8-20(5,6)22-12-17(19(23)24)18(21-22)11-16-14(3)9-13(2)10-15(16)4/h9-10,12H,7-8,11H2,1-6H3,(H,23,24). The molecule has 0 saturated heterocycles. The van der Waals surface area contributed by atoms with Crippen LogP contribution in [-0.2, 0) is 12.0 Å². The first kappa shape index (κ1) is 18.2. The molecule has 0 bridgehead atoms. The molecule has 2 rings (SSSR count). The molecule has 0 aliphatic carbocycles. The summed E-state index contributed by atoms with van der Waals surface area (Å²) in [6.45, 7) is 12.6. The van der Waals surface area contributed by atoms with Crippen LogP contribution in [0.5, 0.6) is 0 Å². The lowest BCUT2D eigenvalue weighted by Gasteiger charge is -2.24. The van der Waals surface area contributed by atoms with E-state index < -0.39 is 5.97 Å². The molecule has 0 atom stereocenters. The van der Waals surface area contributed by atoms with Crippen LogP contribution in [0.1, 0.15) is 71.9 Å². The van der Waals surface area contributed by atoms with E-state index in [1.54, 1.807) is 6.20 Å². The fourth-order valence-corrected chi connectivity index (χ4v) is 3.41. The van der Waals surface area contributed by atoms with Crippen LogP contribution in [0.15, 0.2) is 18.3 Å². The fourth-order valence-electron chi connectivity index (χ4n) is 3.41. The summed E-state index contributed by atoms with van der Waals surface area (Å²) in [7, 11) is 0. The van der Waals surface area contributed by atoms with Crippen molar-refractivity contribution in [2.45, 2.75) is 66.3 Å². The molecule has 1 aromatic heterocycles. The number of aromatic carboxylic acids is 1. The molecule has 0 fully saturated rings. The van der Waals surface area contributed by atoms with Crippen molar-refractivity contribution in [1.82, 2.24) is 9.78 Å². The number of carboxylic acid groups (broad SMARTS) is 1. The molecule has 4 heteroatoms. The van der Waals surface area contributed by atoms with Crippen molar-refractivity contribution in [3.63, 3.8) is 0 Å². The van der Waals surface area contributed by atoms with Crippen LogP contribution in [0.3, 0.4) is 0 Å². The van der Waals surface area contributed by atoms with E-state index in [-0.39, 0.29) is 5.54 Å². The van der Waals surface area contributed by atoms with Crippen LogP contribution in [0.25, 0.3) is 0 Å². The second-order valence-corrected chi connectivity index (χ2v) is 7.36. The summed E-state index contributed by atoms with van der Waals surface area (Å²) in [5.41, 5.74) is 5.52. The van der Waals surface area contributed by atoms with E-state index in [1.807, 2.05) is 4.68 Å². The zero-order valence-corrected chi connectivity index (χ0v) is 15.6. The van der Waals surface area contributed by atoms with Gasteiger partial charge in [-0.1, -0.05) is 31.0 Å². The van der Waals surface area contributed by atoms with Crippen molar-refractivity contribution < 1.29 is 9.90 Å². The van der Waals surface area contributed by atoms with Crippen molar-refractivity contribution in [2.75, 3.05) is 0 Å². The van der Waals surface area contributed by atoms with E-state index in [9.17, 15) is 9.90 Å². The molecule has 4 nitrogen and oxygen atoms in total. The molecule has 0 amide bonds. The highest BCUT2D eigenvalue weighted by Gasteiger charge is 2.25. The molecule has 0 aliphatic heterocycles. The maximum atomic E-state index is 11.7. The summed E-state index contributed by atoms with van der Waals surface area (Å²) in [5.74, 6) is -0.911. The van der Waals surface area contributed by atoms with Crippen LogP contribution >= 0.6 is 0 Å². The Hall–Kier alpha value is -2.10. The normalized spacial score (nSPS) is 11.8. The third kappa shape index (κ3) is 3.69. The molecule has 0 spiro atoms. The number of hydrogen-bond donors (Lipinski definition) is 1. The third-order valence-corrected chi connectivity index (χ3v) is 4.69. The zero-order chi connectivity index (χ0) is 18.1. The molecule has 0 saturated carbocycles. The Labute approximate surface area is 144 Å². The zero-order valence-electron chi connectivity index (χ0n) is 15.6. The SMILES string of the molecule is CCCC(C)(C)n1cc(C(=O)O)c(Cc2c(C)cc(C)cc2C)n1. The smallest absolute Gasteiger partial charge is 0.339 e. The van der Waals surface area contributed by atoms with Crippen molar-refractivity contribution >= 4 is 5.97 Å². The fraction of sp³-hybridized carbons (Fsp3) is 0.500. The van der Waals surface area contributed by atoms with Crippen molar-refractivity contribution in [2.24, 2.45) is 0 Å². The lowest BCUT2D eigenvalue weighted by Crippen LogP contribution is -2.26. The first-order valence-corrected chi connectivity index (χ1v) is 8.54. The molecule has 1 N–H and O–H groups in total. The lowest BCUT2D eigenvalue weighted by atomic mass is 9.95. The van der Waals surface area contributed by atoms with Crippen molar-refractivity contribution in [3.8, 4) is 0 Å². The lowest BCUT2D eigenvalue weighted by molar-refractivity contribution is 0.0695. The predicted molar refractivity (Wildman–Crippen MR) is 96.9 cm³/mol. The minimum absolute atomic E-state index is 0.186. The summed E-state index contributed by atoms with van der Waals surface area (Å²) >= 11 is 0. The Morgan fingerprint density at radius 3 is 2.29 bits per heavy atom. The van der Waals surface area contributed by atoms with Crippen molar-refractivity contribution in [1.29, 1.82) is 0 Å². The average molecular weight is 328 g/mol. The van der Waals surface area contributed by atoms with Gasteiger partial charge in [0.05, 0.1) is 11.2 Å². The van der Waals surface area contributed by atoms with Gasteiger partial charge in [-0.2, -0.15) is 5.10 Å². The van der Waals surface area contributed by atoms with Gasteiger partial charge in [0.2, 0.25) is 0 Å². The maximum Gasteiger partial charge on any atom is 0.339 e. The number of aromatic nitrogens is 2. The maximum absolute atomic E-state index is 11.7. The molecular formula is C20H28N2O2. The molecule has 1 heterocycles. The molecule has 0 radical (unpaired) electrons. The highest BCUT2D eigenvalue weighted by Crippen LogP contribution is 2.25.